The van der Waals surface area contributed by atoms with E-state index < -0.39 is 28.6 Å². The van der Waals surface area contributed by atoms with E-state index in [-0.39, 0.29) is 5.91 Å². The zero-order valence-electron chi connectivity index (χ0n) is 14.3. The van der Waals surface area contributed by atoms with Crippen LogP contribution >= 0.6 is 0 Å². The van der Waals surface area contributed by atoms with Gasteiger partial charge in [0.05, 0.1) is 11.8 Å². The van der Waals surface area contributed by atoms with Crippen LogP contribution in [0.3, 0.4) is 0 Å². The molecule has 0 spiro atoms. The van der Waals surface area contributed by atoms with Gasteiger partial charge in [0.15, 0.2) is 0 Å². The van der Waals surface area contributed by atoms with Crippen LogP contribution in [-0.4, -0.2) is 21.2 Å². The fraction of sp³-hybridized carbons (Fsp3) is 0.300. The summed E-state index contributed by atoms with van der Waals surface area (Å²) in [6.07, 6.45) is 1.15. The van der Waals surface area contributed by atoms with Gasteiger partial charge in [-0.3, -0.25) is 13.8 Å². The summed E-state index contributed by atoms with van der Waals surface area (Å²) in [6, 6.07) is 16.9. The number of aliphatic carboxylic acids is 1. The fourth-order valence-corrected chi connectivity index (χ4v) is 4.30. The van der Waals surface area contributed by atoms with E-state index in [1.54, 1.807) is 18.2 Å². The normalized spacial score (nSPS) is 20.0. The second-order valence-electron chi connectivity index (χ2n) is 6.53. The van der Waals surface area contributed by atoms with E-state index in [2.05, 4.69) is 5.32 Å². The van der Waals surface area contributed by atoms with Crippen molar-refractivity contribution in [3.8, 4) is 0 Å². The van der Waals surface area contributed by atoms with Gasteiger partial charge in [-0.25, -0.2) is 0 Å². The summed E-state index contributed by atoms with van der Waals surface area (Å²) in [5, 5.41) is 11.9. The number of hydrogen-bond donors (Lipinski definition) is 2. The van der Waals surface area contributed by atoms with Gasteiger partial charge in [0.25, 0.3) is 0 Å². The molecule has 0 aliphatic heterocycles. The number of amides is 1. The van der Waals surface area contributed by atoms with Crippen molar-refractivity contribution in [3.63, 3.8) is 0 Å². The van der Waals surface area contributed by atoms with Crippen molar-refractivity contribution in [2.24, 2.45) is 11.8 Å². The van der Waals surface area contributed by atoms with Crippen molar-refractivity contribution in [1.82, 2.24) is 0 Å². The molecule has 2 aromatic carbocycles. The number of anilines is 1. The van der Waals surface area contributed by atoms with Crippen LogP contribution in [0, 0.1) is 11.8 Å². The van der Waals surface area contributed by atoms with Crippen LogP contribution in [0.1, 0.15) is 24.0 Å². The Balaban J connectivity index is 1.58. The van der Waals surface area contributed by atoms with Gasteiger partial charge in [-0.1, -0.05) is 42.5 Å². The number of carboxylic acids is 1. The number of carbonyl (C=O) groups is 2. The van der Waals surface area contributed by atoms with E-state index >= 15 is 0 Å². The second kappa shape index (κ2) is 8.27. The Hall–Kier alpha value is -2.47. The van der Waals surface area contributed by atoms with Crippen molar-refractivity contribution in [3.05, 3.63) is 65.7 Å². The number of nitrogens with one attached hydrogen (secondary N) is 1. The summed E-state index contributed by atoms with van der Waals surface area (Å²) in [5.41, 5.74) is 2.51. The molecule has 2 aromatic rings. The van der Waals surface area contributed by atoms with E-state index in [9.17, 15) is 13.8 Å². The summed E-state index contributed by atoms with van der Waals surface area (Å²) in [4.78, 5) is 23.3. The molecule has 3 unspecified atom stereocenters. The van der Waals surface area contributed by atoms with Gasteiger partial charge in [0.1, 0.15) is 0 Å². The van der Waals surface area contributed by atoms with Gasteiger partial charge >= 0.3 is 5.97 Å². The molecule has 6 heteroatoms. The number of rotatable bonds is 7. The molecule has 0 radical (unpaired) electrons. The van der Waals surface area contributed by atoms with Gasteiger partial charge in [0, 0.05) is 28.0 Å². The SMILES string of the molecule is O=C(O)C1CCC1C(=O)Nc1cccc(CS(=O)Cc2ccccc2)c1. The van der Waals surface area contributed by atoms with E-state index in [1.165, 1.54) is 0 Å². The second-order valence-corrected chi connectivity index (χ2v) is 7.99. The third kappa shape index (κ3) is 4.58. The number of carboxylic acid groups (broad SMARTS) is 1. The van der Waals surface area contributed by atoms with Gasteiger partial charge < -0.3 is 10.4 Å². The van der Waals surface area contributed by atoms with E-state index in [0.29, 0.717) is 30.0 Å². The van der Waals surface area contributed by atoms with E-state index in [4.69, 9.17) is 5.11 Å². The van der Waals surface area contributed by atoms with Crippen molar-refractivity contribution in [2.45, 2.75) is 24.3 Å². The molecule has 1 saturated carbocycles. The molecule has 0 saturated heterocycles. The maximum absolute atomic E-state index is 12.4. The average Bonchev–Trinajstić information content (AvgIpc) is 2.54. The average molecular weight is 371 g/mol. The Bertz CT molecular complexity index is 822. The van der Waals surface area contributed by atoms with Gasteiger partial charge in [0.2, 0.25) is 5.91 Å². The van der Waals surface area contributed by atoms with Gasteiger partial charge in [-0.05, 0) is 36.1 Å². The molecule has 1 amide bonds. The van der Waals surface area contributed by atoms with Crippen LogP contribution < -0.4 is 5.32 Å². The largest absolute Gasteiger partial charge is 0.481 e. The van der Waals surface area contributed by atoms with Crippen molar-refractivity contribution in [1.29, 1.82) is 0 Å². The van der Waals surface area contributed by atoms with Crippen LogP contribution in [0.2, 0.25) is 0 Å². The summed E-state index contributed by atoms with van der Waals surface area (Å²) in [5.74, 6) is -1.34. The van der Waals surface area contributed by atoms with Crippen molar-refractivity contribution < 1.29 is 18.9 Å². The molecule has 3 atom stereocenters. The topological polar surface area (TPSA) is 83.5 Å². The van der Waals surface area contributed by atoms with Crippen molar-refractivity contribution in [2.75, 3.05) is 5.32 Å². The highest BCUT2D eigenvalue weighted by Gasteiger charge is 2.41. The Morgan fingerprint density at radius 1 is 0.962 bits per heavy atom. The minimum atomic E-state index is -1.04. The Kier molecular flexibility index (Phi) is 5.83. The quantitative estimate of drug-likeness (QED) is 0.783. The third-order valence-corrected chi connectivity index (χ3v) is 5.93. The molecule has 1 aliphatic rings. The number of hydrogen-bond acceptors (Lipinski definition) is 3. The smallest absolute Gasteiger partial charge is 0.307 e. The molecule has 5 nitrogen and oxygen atoms in total. The van der Waals surface area contributed by atoms with Crippen LogP contribution in [0.5, 0.6) is 0 Å². The van der Waals surface area contributed by atoms with Crippen LogP contribution in [-0.2, 0) is 31.9 Å². The van der Waals surface area contributed by atoms with Crippen LogP contribution in [0.15, 0.2) is 54.6 Å². The highest BCUT2D eigenvalue weighted by atomic mass is 32.2. The molecule has 1 fully saturated rings. The van der Waals surface area contributed by atoms with Crippen LogP contribution in [0.4, 0.5) is 5.69 Å². The Labute approximate surface area is 154 Å². The van der Waals surface area contributed by atoms with Gasteiger partial charge in [-0.15, -0.1) is 0 Å². The minimum absolute atomic E-state index is 0.258. The lowest BCUT2D eigenvalue weighted by Gasteiger charge is -2.31. The predicted octanol–water partition coefficient (Wildman–Crippen LogP) is 3.18. The van der Waals surface area contributed by atoms with Crippen molar-refractivity contribution >= 4 is 28.4 Å². The highest BCUT2D eigenvalue weighted by molar-refractivity contribution is 7.83. The minimum Gasteiger partial charge on any atom is -0.481 e. The Morgan fingerprint density at radius 2 is 1.62 bits per heavy atom. The summed E-state index contributed by atoms with van der Waals surface area (Å²) >= 11 is 0. The molecular formula is C20H21NO4S. The van der Waals surface area contributed by atoms with Gasteiger partial charge in [-0.2, -0.15) is 0 Å². The predicted molar refractivity (Wildman–Crippen MR) is 101 cm³/mol. The standard InChI is InChI=1S/C20H21NO4S/c22-19(17-9-10-18(17)20(23)24)21-16-8-4-7-15(11-16)13-26(25)12-14-5-2-1-3-6-14/h1-8,11,17-18H,9-10,12-13H2,(H,21,22)(H,23,24). The molecule has 26 heavy (non-hydrogen) atoms. The molecule has 2 N–H and O–H groups in total. The Morgan fingerprint density at radius 3 is 2.27 bits per heavy atom. The number of benzene rings is 2. The monoisotopic (exact) mass is 371 g/mol. The maximum Gasteiger partial charge on any atom is 0.307 e. The summed E-state index contributed by atoms with van der Waals surface area (Å²) < 4.78 is 12.4. The first-order valence-electron chi connectivity index (χ1n) is 8.54. The molecule has 136 valence electrons. The first-order chi connectivity index (χ1) is 12.5. The lowest BCUT2D eigenvalue weighted by molar-refractivity contribution is -0.151. The lowest BCUT2D eigenvalue weighted by atomic mass is 9.73. The first kappa shape index (κ1) is 18.3. The zero-order valence-corrected chi connectivity index (χ0v) is 15.1. The first-order valence-corrected chi connectivity index (χ1v) is 10.0. The summed E-state index contributed by atoms with van der Waals surface area (Å²) in [7, 11) is -1.04. The zero-order chi connectivity index (χ0) is 18.5. The van der Waals surface area contributed by atoms with Crippen LogP contribution in [0.25, 0.3) is 0 Å². The number of carbonyl (C=O) groups excluding carboxylic acids is 1. The molecule has 3 rings (SSSR count). The summed E-state index contributed by atoms with van der Waals surface area (Å²) in [6.45, 7) is 0. The van der Waals surface area contributed by atoms with E-state index in [0.717, 1.165) is 11.1 Å². The molecule has 1 aliphatic carbocycles. The van der Waals surface area contributed by atoms with E-state index in [1.807, 2.05) is 36.4 Å². The fourth-order valence-electron chi connectivity index (χ4n) is 3.08. The lowest BCUT2D eigenvalue weighted by Crippen LogP contribution is -2.41. The molecule has 0 aromatic heterocycles. The molecular weight excluding hydrogens is 350 g/mol. The maximum atomic E-state index is 12.4. The third-order valence-electron chi connectivity index (χ3n) is 4.62. The molecule has 0 heterocycles. The highest BCUT2D eigenvalue weighted by Crippen LogP contribution is 2.35. The molecule has 0 bridgehead atoms.